The first kappa shape index (κ1) is 22.7. The lowest BCUT2D eigenvalue weighted by atomic mass is 10.2. The molecule has 2 aromatic rings. The Hall–Kier alpha value is -3.62. The van der Waals surface area contributed by atoms with Crippen molar-refractivity contribution in [3.8, 4) is 11.5 Å². The summed E-state index contributed by atoms with van der Waals surface area (Å²) in [5.41, 5.74) is 0.126. The summed E-state index contributed by atoms with van der Waals surface area (Å²) in [6, 6.07) is 10.3. The summed E-state index contributed by atoms with van der Waals surface area (Å²) in [5, 5.41) is 13.4. The highest BCUT2D eigenvalue weighted by atomic mass is 16.6. The van der Waals surface area contributed by atoms with E-state index in [4.69, 9.17) is 14.2 Å². The van der Waals surface area contributed by atoms with Crippen LogP contribution in [-0.4, -0.2) is 36.6 Å². The van der Waals surface area contributed by atoms with Gasteiger partial charge in [-0.25, -0.2) is 4.79 Å². The monoisotopic (exact) mass is 416 g/mol. The molecule has 30 heavy (non-hydrogen) atoms. The zero-order valence-corrected chi connectivity index (χ0v) is 17.2. The number of nitro groups is 1. The Labute approximate surface area is 174 Å². The second kappa shape index (κ2) is 10.2. The molecule has 0 saturated heterocycles. The number of hydrogen-bond acceptors (Lipinski definition) is 7. The number of rotatable bonds is 9. The minimum Gasteiger partial charge on any atom is -0.495 e. The van der Waals surface area contributed by atoms with Gasteiger partial charge in [0.15, 0.2) is 6.10 Å². The normalized spacial score (nSPS) is 11.5. The molecule has 2 rings (SSSR count). The first-order chi connectivity index (χ1) is 14.2. The van der Waals surface area contributed by atoms with Crippen molar-refractivity contribution in [3.63, 3.8) is 0 Å². The molecule has 0 bridgehead atoms. The predicted molar refractivity (Wildman–Crippen MR) is 110 cm³/mol. The molecule has 0 aliphatic carbocycles. The Kier molecular flexibility index (Phi) is 7.74. The number of ether oxygens (including phenoxy) is 3. The van der Waals surface area contributed by atoms with Gasteiger partial charge in [0.25, 0.3) is 11.6 Å². The molecule has 1 N–H and O–H groups in total. The number of nitrogens with zero attached hydrogens (tertiary/aromatic N) is 1. The molecule has 0 aromatic heterocycles. The van der Waals surface area contributed by atoms with Crippen molar-refractivity contribution in [3.05, 3.63) is 58.1 Å². The molecule has 0 fully saturated rings. The molecule has 2 aromatic carbocycles. The number of nitrogens with one attached hydrogen (secondary N) is 1. The second-order valence-electron chi connectivity index (χ2n) is 6.91. The van der Waals surface area contributed by atoms with Gasteiger partial charge in [0.2, 0.25) is 0 Å². The number of carbonyl (C=O) groups is 2. The molecule has 0 heterocycles. The van der Waals surface area contributed by atoms with Gasteiger partial charge in [-0.15, -0.1) is 0 Å². The average Bonchev–Trinajstić information content (AvgIpc) is 2.72. The van der Waals surface area contributed by atoms with Gasteiger partial charge >= 0.3 is 5.97 Å². The van der Waals surface area contributed by atoms with E-state index in [9.17, 15) is 19.7 Å². The third kappa shape index (κ3) is 6.20. The zero-order valence-electron chi connectivity index (χ0n) is 17.2. The van der Waals surface area contributed by atoms with Crippen LogP contribution in [0.5, 0.6) is 11.5 Å². The number of carbonyl (C=O) groups excluding carboxylic acids is 2. The van der Waals surface area contributed by atoms with Crippen molar-refractivity contribution in [2.75, 3.05) is 19.0 Å². The zero-order chi connectivity index (χ0) is 22.3. The summed E-state index contributed by atoms with van der Waals surface area (Å²) < 4.78 is 15.9. The molecule has 0 saturated carbocycles. The summed E-state index contributed by atoms with van der Waals surface area (Å²) in [4.78, 5) is 35.2. The van der Waals surface area contributed by atoms with E-state index < -0.39 is 22.9 Å². The number of methoxy groups -OCH3 is 1. The minimum absolute atomic E-state index is 0.101. The van der Waals surface area contributed by atoms with Crippen LogP contribution in [0.15, 0.2) is 42.5 Å². The number of non-ortho nitro benzene ring substituents is 1. The van der Waals surface area contributed by atoms with Crippen molar-refractivity contribution >= 4 is 23.3 Å². The van der Waals surface area contributed by atoms with E-state index in [1.807, 2.05) is 13.8 Å². The molecule has 0 aliphatic heterocycles. The molecule has 9 nitrogen and oxygen atoms in total. The van der Waals surface area contributed by atoms with Crippen LogP contribution in [0.2, 0.25) is 0 Å². The molecule has 1 unspecified atom stereocenters. The third-order valence-corrected chi connectivity index (χ3v) is 3.96. The predicted octanol–water partition coefficient (Wildman–Crippen LogP) is 3.82. The molecular formula is C21H24N2O7. The van der Waals surface area contributed by atoms with E-state index in [0.717, 1.165) is 0 Å². The van der Waals surface area contributed by atoms with E-state index >= 15 is 0 Å². The highest BCUT2D eigenvalue weighted by Crippen LogP contribution is 2.29. The van der Waals surface area contributed by atoms with Gasteiger partial charge in [-0.1, -0.05) is 19.9 Å². The molecule has 0 aliphatic rings. The lowest BCUT2D eigenvalue weighted by Crippen LogP contribution is -2.30. The lowest BCUT2D eigenvalue weighted by Gasteiger charge is -2.15. The molecule has 9 heteroatoms. The van der Waals surface area contributed by atoms with Crippen LogP contribution in [-0.2, 0) is 9.53 Å². The van der Waals surface area contributed by atoms with Crippen LogP contribution in [0.3, 0.4) is 0 Å². The van der Waals surface area contributed by atoms with Crippen molar-refractivity contribution in [2.24, 2.45) is 5.92 Å². The topological polar surface area (TPSA) is 117 Å². The third-order valence-electron chi connectivity index (χ3n) is 3.96. The molecule has 0 spiro atoms. The molecule has 1 amide bonds. The van der Waals surface area contributed by atoms with Crippen molar-refractivity contribution < 1.29 is 28.7 Å². The largest absolute Gasteiger partial charge is 0.495 e. The maximum atomic E-state index is 12.4. The first-order valence-electron chi connectivity index (χ1n) is 9.28. The summed E-state index contributed by atoms with van der Waals surface area (Å²) in [6.07, 6.45) is -1.15. The Bertz CT molecular complexity index is 927. The van der Waals surface area contributed by atoms with Crippen molar-refractivity contribution in [1.29, 1.82) is 0 Å². The molecular weight excluding hydrogens is 392 g/mol. The van der Waals surface area contributed by atoms with Gasteiger partial charge in [-0.2, -0.15) is 0 Å². The van der Waals surface area contributed by atoms with Crippen molar-refractivity contribution in [2.45, 2.75) is 26.9 Å². The van der Waals surface area contributed by atoms with E-state index in [1.54, 1.807) is 24.3 Å². The van der Waals surface area contributed by atoms with Gasteiger partial charge in [0.1, 0.15) is 11.5 Å². The van der Waals surface area contributed by atoms with Gasteiger partial charge in [-0.3, -0.25) is 14.9 Å². The highest BCUT2D eigenvalue weighted by Gasteiger charge is 2.22. The number of nitro benzene ring substituents is 1. The number of amides is 1. The summed E-state index contributed by atoms with van der Waals surface area (Å²) in [7, 11) is 1.37. The van der Waals surface area contributed by atoms with Gasteiger partial charge in [0.05, 0.1) is 29.9 Å². The van der Waals surface area contributed by atoms with Crippen LogP contribution >= 0.6 is 0 Å². The SMILES string of the molecule is COc1ccc([N+](=O)[O-])cc1NC(=O)C(C)OC(=O)c1cccc(OCC(C)C)c1. The van der Waals surface area contributed by atoms with E-state index in [-0.39, 0.29) is 22.7 Å². The van der Waals surface area contributed by atoms with Crippen LogP contribution in [0.25, 0.3) is 0 Å². The Morgan fingerprint density at radius 1 is 1.13 bits per heavy atom. The van der Waals surface area contributed by atoms with Gasteiger partial charge in [-0.05, 0) is 37.1 Å². The van der Waals surface area contributed by atoms with Crippen molar-refractivity contribution in [1.82, 2.24) is 0 Å². The highest BCUT2D eigenvalue weighted by molar-refractivity contribution is 5.98. The number of anilines is 1. The fourth-order valence-corrected chi connectivity index (χ4v) is 2.40. The smallest absolute Gasteiger partial charge is 0.339 e. The average molecular weight is 416 g/mol. The summed E-state index contributed by atoms with van der Waals surface area (Å²) in [5.74, 6) is -0.262. The number of esters is 1. The quantitative estimate of drug-likeness (QED) is 0.375. The maximum absolute atomic E-state index is 12.4. The number of benzene rings is 2. The van der Waals surface area contributed by atoms with E-state index in [1.165, 1.54) is 32.2 Å². The van der Waals surface area contributed by atoms with E-state index in [0.29, 0.717) is 18.3 Å². The molecule has 160 valence electrons. The Morgan fingerprint density at radius 3 is 2.50 bits per heavy atom. The molecule has 0 radical (unpaired) electrons. The second-order valence-corrected chi connectivity index (χ2v) is 6.91. The standard InChI is InChI=1S/C21H24N2O7/c1-13(2)12-29-17-7-5-6-15(10-17)21(25)30-14(3)20(24)22-18-11-16(23(26)27)8-9-19(18)28-4/h5-11,13-14H,12H2,1-4H3,(H,22,24). The van der Waals surface area contributed by atoms with E-state index in [2.05, 4.69) is 5.32 Å². The Balaban J connectivity index is 2.05. The van der Waals surface area contributed by atoms with Crippen LogP contribution in [0.4, 0.5) is 11.4 Å². The fourth-order valence-electron chi connectivity index (χ4n) is 2.40. The lowest BCUT2D eigenvalue weighted by molar-refractivity contribution is -0.384. The first-order valence-corrected chi connectivity index (χ1v) is 9.28. The summed E-state index contributed by atoms with van der Waals surface area (Å²) >= 11 is 0. The Morgan fingerprint density at radius 2 is 1.87 bits per heavy atom. The van der Waals surface area contributed by atoms with Crippen LogP contribution in [0, 0.1) is 16.0 Å². The van der Waals surface area contributed by atoms with Gasteiger partial charge < -0.3 is 19.5 Å². The minimum atomic E-state index is -1.15. The molecule has 1 atom stereocenters. The van der Waals surface area contributed by atoms with Crippen LogP contribution in [0.1, 0.15) is 31.1 Å². The van der Waals surface area contributed by atoms with Crippen LogP contribution < -0.4 is 14.8 Å². The fraction of sp³-hybridized carbons (Fsp3) is 0.333. The maximum Gasteiger partial charge on any atom is 0.339 e. The van der Waals surface area contributed by atoms with Gasteiger partial charge in [0, 0.05) is 12.1 Å². The summed E-state index contributed by atoms with van der Waals surface area (Å²) in [6.45, 7) is 5.92. The number of hydrogen-bond donors (Lipinski definition) is 1.